The molecule has 0 rings (SSSR count). The first-order valence-corrected chi connectivity index (χ1v) is 11.5. The van der Waals surface area contributed by atoms with Gasteiger partial charge in [0.1, 0.15) is 19.7 Å². The van der Waals surface area contributed by atoms with Crippen LogP contribution >= 0.6 is 0 Å². The van der Waals surface area contributed by atoms with Crippen molar-refractivity contribution >= 4 is 17.8 Å². The van der Waals surface area contributed by atoms with Crippen LogP contribution in [-0.2, 0) is 19.1 Å². The fourth-order valence-electron chi connectivity index (χ4n) is 3.86. The molecule has 1 amide bonds. The summed E-state index contributed by atoms with van der Waals surface area (Å²) in [5.41, 5.74) is -1.01. The SMILES string of the molecule is C.C.C.CCC(CC(CC(C)(C)C(=O)NC[N+](C)(C)CC(O)C[N+](C)(C)C)C(=O)[O-])C(=O)OCCO.[CH3-].[CH3-].[Na+]. The van der Waals surface area contributed by atoms with Crippen LogP contribution in [0, 0.1) is 32.1 Å². The average molecular weight is 578 g/mol. The molecule has 3 atom stereocenters. The van der Waals surface area contributed by atoms with Crippen molar-refractivity contribution in [1.82, 2.24) is 5.32 Å². The third kappa shape index (κ3) is 23.6. The maximum absolute atomic E-state index is 12.9. The van der Waals surface area contributed by atoms with Gasteiger partial charge in [-0.25, -0.2) is 0 Å². The van der Waals surface area contributed by atoms with Gasteiger partial charge < -0.3 is 54.0 Å². The van der Waals surface area contributed by atoms with Crippen molar-refractivity contribution in [1.29, 1.82) is 0 Å². The Bertz CT molecular complexity index is 654. The first-order chi connectivity index (χ1) is 14.9. The Balaban J connectivity index is -0.000000341. The largest absolute Gasteiger partial charge is 1.00 e. The van der Waals surface area contributed by atoms with Crippen LogP contribution in [0.2, 0.25) is 0 Å². The number of nitrogens with one attached hydrogen (secondary N) is 1. The number of quaternary nitrogens is 2. The smallest absolute Gasteiger partial charge is 0.550 e. The van der Waals surface area contributed by atoms with Gasteiger partial charge in [-0.15, -0.1) is 0 Å². The minimum absolute atomic E-state index is 0. The number of carboxylic acids is 1. The summed E-state index contributed by atoms with van der Waals surface area (Å²) < 4.78 is 5.92. The van der Waals surface area contributed by atoms with E-state index in [0.717, 1.165) is 0 Å². The summed E-state index contributed by atoms with van der Waals surface area (Å²) in [5.74, 6) is -3.85. The second-order valence-corrected chi connectivity index (χ2v) is 11.2. The van der Waals surface area contributed by atoms with Crippen LogP contribution in [0.25, 0.3) is 0 Å². The molecule has 0 saturated carbocycles. The summed E-state index contributed by atoms with van der Waals surface area (Å²) in [6, 6.07) is 0. The molecular formula is C28H64N3NaO7. The number of hydrogen-bond acceptors (Lipinski definition) is 7. The van der Waals surface area contributed by atoms with E-state index >= 15 is 0 Å². The summed E-state index contributed by atoms with van der Waals surface area (Å²) in [4.78, 5) is 36.8. The number of rotatable bonds is 16. The Morgan fingerprint density at radius 2 is 1.46 bits per heavy atom. The van der Waals surface area contributed by atoms with E-state index in [1.54, 1.807) is 20.8 Å². The van der Waals surface area contributed by atoms with Gasteiger partial charge in [-0.3, -0.25) is 9.59 Å². The molecule has 0 heterocycles. The number of carboxylic acid groups (broad SMARTS) is 1. The van der Waals surface area contributed by atoms with Gasteiger partial charge in [0.05, 0.1) is 47.8 Å². The van der Waals surface area contributed by atoms with Gasteiger partial charge in [-0.05, 0) is 19.3 Å². The molecule has 11 heteroatoms. The summed E-state index contributed by atoms with van der Waals surface area (Å²) in [6.07, 6.45) is -0.160. The minimum atomic E-state index is -1.32. The number of carbonyl (C=O) groups is 3. The van der Waals surface area contributed by atoms with Crippen LogP contribution in [0.1, 0.15) is 62.3 Å². The third-order valence-corrected chi connectivity index (χ3v) is 5.57. The Kier molecular flexibility index (Phi) is 33.3. The second-order valence-electron chi connectivity index (χ2n) is 11.2. The Hall–Kier alpha value is -0.750. The Morgan fingerprint density at radius 1 is 0.974 bits per heavy atom. The number of nitrogens with zero attached hydrogens (tertiary/aromatic N) is 2. The fourth-order valence-corrected chi connectivity index (χ4v) is 3.86. The van der Waals surface area contributed by atoms with Crippen LogP contribution in [0.15, 0.2) is 0 Å². The van der Waals surface area contributed by atoms with E-state index in [4.69, 9.17) is 9.84 Å². The monoisotopic (exact) mass is 577 g/mol. The predicted octanol–water partition coefficient (Wildman–Crippen LogP) is -1.25. The van der Waals surface area contributed by atoms with E-state index < -0.39 is 35.3 Å². The molecule has 0 aliphatic carbocycles. The molecule has 0 aromatic carbocycles. The van der Waals surface area contributed by atoms with Gasteiger partial charge in [-0.2, -0.15) is 0 Å². The molecule has 0 bridgehead atoms. The topological polar surface area (TPSA) is 136 Å². The van der Waals surface area contributed by atoms with E-state index in [1.807, 2.05) is 35.2 Å². The molecule has 0 aromatic rings. The number of aliphatic carboxylic acids is 1. The van der Waals surface area contributed by atoms with Crippen LogP contribution in [-0.4, -0.2) is 111 Å². The van der Waals surface area contributed by atoms with Gasteiger partial charge in [0.15, 0.2) is 12.8 Å². The van der Waals surface area contributed by atoms with Gasteiger partial charge in [0.25, 0.3) is 0 Å². The normalized spacial score (nSPS) is 13.1. The van der Waals surface area contributed by atoms with E-state index in [2.05, 4.69) is 5.32 Å². The first kappa shape index (κ1) is 54.3. The van der Waals surface area contributed by atoms with Crippen molar-refractivity contribution in [2.45, 2.75) is 68.4 Å². The molecule has 0 saturated heterocycles. The summed E-state index contributed by atoms with van der Waals surface area (Å²) >= 11 is 0. The number of aliphatic hydroxyl groups is 2. The number of ether oxygens (including phenoxy) is 1. The molecule has 0 spiro atoms. The molecule has 0 fully saturated rings. The van der Waals surface area contributed by atoms with Gasteiger partial charge >= 0.3 is 35.5 Å². The number of amides is 1. The van der Waals surface area contributed by atoms with E-state index in [0.29, 0.717) is 28.5 Å². The summed E-state index contributed by atoms with van der Waals surface area (Å²) in [7, 11) is 9.80. The predicted molar refractivity (Wildman–Crippen MR) is 155 cm³/mol. The van der Waals surface area contributed by atoms with E-state index in [9.17, 15) is 24.6 Å². The molecule has 39 heavy (non-hydrogen) atoms. The zero-order chi connectivity index (χ0) is 26.0. The Labute approximate surface area is 264 Å². The Morgan fingerprint density at radius 3 is 1.85 bits per heavy atom. The average Bonchev–Trinajstić information content (AvgIpc) is 2.64. The number of aliphatic hydroxyl groups excluding tert-OH is 2. The quantitative estimate of drug-likeness (QED) is 0.0686. The third-order valence-electron chi connectivity index (χ3n) is 5.57. The van der Waals surface area contributed by atoms with Gasteiger partial charge in [0.2, 0.25) is 5.91 Å². The van der Waals surface area contributed by atoms with Gasteiger partial charge in [0, 0.05) is 17.3 Å². The molecule has 0 aliphatic rings. The van der Waals surface area contributed by atoms with Crippen LogP contribution < -0.4 is 40.0 Å². The molecule has 3 N–H and O–H groups in total. The number of likely N-dealkylation sites (N-methyl/N-ethyl adjacent to an activating group) is 2. The molecule has 0 aliphatic heterocycles. The second kappa shape index (κ2) is 23.9. The molecule has 0 aromatic heterocycles. The number of esters is 1. The minimum Gasteiger partial charge on any atom is -0.550 e. The number of carbonyl (C=O) groups excluding carboxylic acids is 3. The zero-order valence-electron chi connectivity index (χ0n) is 24.7. The van der Waals surface area contributed by atoms with Crippen LogP contribution in [0.4, 0.5) is 0 Å². The van der Waals surface area contributed by atoms with E-state index in [1.165, 1.54) is 0 Å². The molecule has 0 radical (unpaired) electrons. The maximum Gasteiger partial charge on any atom is 1.00 e. The van der Waals surface area contributed by atoms with Crippen molar-refractivity contribution in [2.75, 3.05) is 68.2 Å². The summed E-state index contributed by atoms with van der Waals surface area (Å²) in [6.45, 7) is 5.93. The van der Waals surface area contributed by atoms with Crippen molar-refractivity contribution in [3.8, 4) is 0 Å². The summed E-state index contributed by atoms with van der Waals surface area (Å²) in [5, 5.41) is 33.8. The molecule has 10 nitrogen and oxygen atoms in total. The maximum atomic E-state index is 12.9. The first-order valence-electron chi connectivity index (χ1n) is 11.5. The van der Waals surface area contributed by atoms with Crippen molar-refractivity contribution in [3.63, 3.8) is 0 Å². The van der Waals surface area contributed by atoms with Crippen molar-refractivity contribution < 1.29 is 73.0 Å². The standard InChI is InChI=1S/C23H45N3O7.3CH4.2CH3.Na/c1-9-17(21(31)33-11-10-27)12-18(20(29)30)13-23(2,3)22(32)24-16-26(7,8)15-19(28)14-25(4,5)6;;;;;;/h17-19,27-28H,9-16H2,1-8H3;3*1H4;2*1H3;/q;;;;2*-1;+1/p+1. The van der Waals surface area contributed by atoms with Crippen LogP contribution in [0.3, 0.4) is 0 Å². The van der Waals surface area contributed by atoms with Crippen molar-refractivity contribution in [2.24, 2.45) is 17.3 Å². The molecule has 234 valence electrons. The van der Waals surface area contributed by atoms with Crippen molar-refractivity contribution in [3.05, 3.63) is 14.9 Å². The molecule has 3 unspecified atom stereocenters. The molecular weight excluding hydrogens is 513 g/mol. The fraction of sp³-hybridized carbons (Fsp3) is 0.821. The number of hydrogen-bond donors (Lipinski definition) is 3. The van der Waals surface area contributed by atoms with Gasteiger partial charge in [-0.1, -0.05) is 43.1 Å². The zero-order valence-corrected chi connectivity index (χ0v) is 26.7. The van der Waals surface area contributed by atoms with Crippen LogP contribution in [0.5, 0.6) is 0 Å². The van der Waals surface area contributed by atoms with E-state index in [-0.39, 0.29) is 105 Å².